The summed E-state index contributed by atoms with van der Waals surface area (Å²) < 4.78 is 47.3. The molecule has 0 spiro atoms. The van der Waals surface area contributed by atoms with Crippen LogP contribution >= 0.6 is 0 Å². The summed E-state index contributed by atoms with van der Waals surface area (Å²) in [6, 6.07) is 13.8. The summed E-state index contributed by atoms with van der Waals surface area (Å²) in [7, 11) is 0. The Hall–Kier alpha value is -4.78. The van der Waals surface area contributed by atoms with Gasteiger partial charge in [-0.25, -0.2) is 4.39 Å². The molecule has 0 radical (unpaired) electrons. The van der Waals surface area contributed by atoms with Crippen LogP contribution in [0.25, 0.3) is 11.1 Å². The maximum absolute atomic E-state index is 13.7. The first-order valence-electron chi connectivity index (χ1n) is 13.8. The number of aryl methyl sites for hydroxylation is 1. The van der Waals surface area contributed by atoms with E-state index in [4.69, 9.17) is 28.4 Å². The molecule has 2 heterocycles. The van der Waals surface area contributed by atoms with Crippen LogP contribution in [0.5, 0.6) is 5.88 Å². The van der Waals surface area contributed by atoms with Crippen molar-refractivity contribution in [1.82, 2.24) is 10.2 Å². The van der Waals surface area contributed by atoms with E-state index in [0.717, 1.165) is 37.5 Å². The molecule has 13 heteroatoms. The number of nitrogens with zero attached hydrogens (tertiary/aromatic N) is 1. The molecule has 1 N–H and O–H groups in total. The zero-order chi connectivity index (χ0) is 32.0. The summed E-state index contributed by atoms with van der Waals surface area (Å²) >= 11 is 0. The van der Waals surface area contributed by atoms with Crippen molar-refractivity contribution in [3.8, 4) is 17.0 Å². The molecule has 2 aromatic carbocycles. The van der Waals surface area contributed by atoms with Gasteiger partial charge in [0.25, 0.3) is 0 Å². The second-order valence-electron chi connectivity index (χ2n) is 10.2. The van der Waals surface area contributed by atoms with Gasteiger partial charge in [0.15, 0.2) is 12.2 Å². The van der Waals surface area contributed by atoms with Crippen LogP contribution in [0.1, 0.15) is 44.5 Å². The van der Waals surface area contributed by atoms with Gasteiger partial charge < -0.3 is 28.4 Å². The number of carbonyl (C=O) groups excluding carboxylic acids is 4. The molecule has 234 valence electrons. The molecule has 0 amide bonds. The van der Waals surface area contributed by atoms with Gasteiger partial charge in [0.2, 0.25) is 18.3 Å². The molecule has 12 nitrogen and oxygen atoms in total. The van der Waals surface area contributed by atoms with Gasteiger partial charge in [0, 0.05) is 45.4 Å². The van der Waals surface area contributed by atoms with E-state index in [1.807, 2.05) is 30.3 Å². The molecule has 0 aliphatic carbocycles. The summed E-state index contributed by atoms with van der Waals surface area (Å²) in [6.45, 7) is 6.01. The highest BCUT2D eigenvalue weighted by Crippen LogP contribution is 2.33. The summed E-state index contributed by atoms with van der Waals surface area (Å²) in [5.41, 5.74) is 3.80. The number of halogens is 1. The number of ether oxygens (including phenoxy) is 6. The van der Waals surface area contributed by atoms with Crippen molar-refractivity contribution in [3.05, 3.63) is 71.2 Å². The minimum atomic E-state index is -1.42. The number of esters is 4. The van der Waals surface area contributed by atoms with Crippen molar-refractivity contribution >= 4 is 23.9 Å². The quantitative estimate of drug-likeness (QED) is 0.264. The molecule has 3 aromatic rings. The zero-order valence-corrected chi connectivity index (χ0v) is 24.8. The van der Waals surface area contributed by atoms with Crippen molar-refractivity contribution in [2.75, 3.05) is 6.61 Å². The van der Waals surface area contributed by atoms with E-state index >= 15 is 0 Å². The van der Waals surface area contributed by atoms with E-state index in [0.29, 0.717) is 17.7 Å². The topological polar surface area (TPSA) is 152 Å². The lowest BCUT2D eigenvalue weighted by molar-refractivity contribution is -0.289. The fraction of sp³-hybridized carbons (Fsp3) is 0.387. The lowest BCUT2D eigenvalue weighted by atomic mass is 9.98. The number of carbonyl (C=O) groups is 4. The van der Waals surface area contributed by atoms with E-state index in [1.54, 1.807) is 13.0 Å². The maximum atomic E-state index is 13.7. The second kappa shape index (κ2) is 14.1. The highest BCUT2D eigenvalue weighted by Gasteiger charge is 2.53. The summed E-state index contributed by atoms with van der Waals surface area (Å²) in [4.78, 5) is 47.8. The van der Waals surface area contributed by atoms with E-state index < -0.39 is 54.6 Å². The Morgan fingerprint density at radius 1 is 0.841 bits per heavy atom. The number of benzene rings is 2. The molecule has 1 aliphatic rings. The number of hydrogen-bond donors (Lipinski definition) is 1. The Labute approximate surface area is 252 Å². The molecule has 44 heavy (non-hydrogen) atoms. The Kier molecular flexibility index (Phi) is 10.3. The average molecular weight is 613 g/mol. The first kappa shape index (κ1) is 32.1. The molecule has 1 fully saturated rings. The van der Waals surface area contributed by atoms with Gasteiger partial charge in [-0.15, -0.1) is 5.10 Å². The van der Waals surface area contributed by atoms with Gasteiger partial charge in [-0.1, -0.05) is 36.4 Å². The molecule has 4 rings (SSSR count). The number of aromatic amines is 1. The van der Waals surface area contributed by atoms with Crippen molar-refractivity contribution in [2.24, 2.45) is 0 Å². The van der Waals surface area contributed by atoms with Crippen LogP contribution in [-0.2, 0) is 49.3 Å². The van der Waals surface area contributed by atoms with Gasteiger partial charge in [-0.2, -0.15) is 0 Å². The predicted molar refractivity (Wildman–Crippen MR) is 151 cm³/mol. The van der Waals surface area contributed by atoms with Gasteiger partial charge in [-0.3, -0.25) is 24.3 Å². The molecule has 0 bridgehead atoms. The molecule has 1 saturated heterocycles. The van der Waals surface area contributed by atoms with E-state index in [1.165, 1.54) is 19.1 Å². The molecule has 1 aromatic heterocycles. The fourth-order valence-corrected chi connectivity index (χ4v) is 4.82. The molecule has 1 aliphatic heterocycles. The standard InChI is InChI=1S/C31H33FN2O10/c1-16-25(13-21-9-11-22(12-10-21)23-7-6-8-24(32)14-23)30(34-33-16)44-31-29(42-20(5)38)28(41-19(4)37)27(40-18(3)36)26(43-31)15-39-17(2)35/h6-12,14,26-29,31H,13,15H2,1-5H3,(H,33,34)/t26-,27-,28+,29-,31?/m1/s1. The lowest BCUT2D eigenvalue weighted by Crippen LogP contribution is -2.63. The van der Waals surface area contributed by atoms with Crippen LogP contribution < -0.4 is 4.74 Å². The highest BCUT2D eigenvalue weighted by atomic mass is 19.1. The van der Waals surface area contributed by atoms with Crippen LogP contribution in [0, 0.1) is 12.7 Å². The van der Waals surface area contributed by atoms with Crippen LogP contribution in [0.15, 0.2) is 48.5 Å². The number of H-pyrrole nitrogens is 1. The molecule has 5 atom stereocenters. The molecular formula is C31H33FN2O10. The van der Waals surface area contributed by atoms with Crippen molar-refractivity contribution < 1.29 is 52.0 Å². The minimum absolute atomic E-state index is 0.109. The average Bonchev–Trinajstić information content (AvgIpc) is 3.28. The van der Waals surface area contributed by atoms with Crippen LogP contribution in [0.4, 0.5) is 4.39 Å². The van der Waals surface area contributed by atoms with Crippen LogP contribution in [-0.4, -0.2) is 71.4 Å². The van der Waals surface area contributed by atoms with Gasteiger partial charge >= 0.3 is 23.9 Å². The third-order valence-corrected chi connectivity index (χ3v) is 6.70. The maximum Gasteiger partial charge on any atom is 0.303 e. The number of aromatic nitrogens is 2. The normalized spacial score (nSPS) is 21.2. The lowest BCUT2D eigenvalue weighted by Gasteiger charge is -2.43. The Bertz CT molecular complexity index is 1510. The zero-order valence-electron chi connectivity index (χ0n) is 24.8. The van der Waals surface area contributed by atoms with Crippen molar-refractivity contribution in [2.45, 2.75) is 71.7 Å². The number of nitrogens with one attached hydrogen (secondary N) is 1. The first-order chi connectivity index (χ1) is 20.9. The van der Waals surface area contributed by atoms with Gasteiger partial charge in [0.1, 0.15) is 18.5 Å². The van der Waals surface area contributed by atoms with Gasteiger partial charge in [-0.05, 0) is 35.7 Å². The SMILES string of the molecule is CC(=O)OC[C@H]1OC(Oc2n[nH]c(C)c2Cc2ccc(-c3cccc(F)c3)cc2)[C@H](OC(C)=O)[C@@H](OC(C)=O)[C@@H]1OC(C)=O. The first-order valence-corrected chi connectivity index (χ1v) is 13.8. The highest BCUT2D eigenvalue weighted by molar-refractivity contribution is 5.69. The largest absolute Gasteiger partial charge is 0.463 e. The third-order valence-electron chi connectivity index (χ3n) is 6.70. The number of hydrogen-bond acceptors (Lipinski definition) is 11. The monoisotopic (exact) mass is 612 g/mol. The van der Waals surface area contributed by atoms with E-state index in [9.17, 15) is 23.6 Å². The smallest absolute Gasteiger partial charge is 0.303 e. The van der Waals surface area contributed by atoms with E-state index in [-0.39, 0.29) is 18.3 Å². The fourth-order valence-electron chi connectivity index (χ4n) is 4.82. The Morgan fingerprint density at radius 2 is 1.48 bits per heavy atom. The summed E-state index contributed by atoms with van der Waals surface area (Å²) in [5.74, 6) is -3.09. The second-order valence-corrected chi connectivity index (χ2v) is 10.2. The minimum Gasteiger partial charge on any atom is -0.463 e. The Morgan fingerprint density at radius 3 is 2.09 bits per heavy atom. The summed E-state index contributed by atoms with van der Waals surface area (Å²) in [6.07, 6.45) is -6.30. The Balaban J connectivity index is 1.63. The van der Waals surface area contributed by atoms with Crippen molar-refractivity contribution in [3.63, 3.8) is 0 Å². The number of rotatable bonds is 10. The molecule has 0 saturated carbocycles. The predicted octanol–water partition coefficient (Wildman–Crippen LogP) is 3.58. The van der Waals surface area contributed by atoms with Crippen LogP contribution in [0.3, 0.4) is 0 Å². The third kappa shape index (κ3) is 8.19. The molecule has 1 unspecified atom stereocenters. The van der Waals surface area contributed by atoms with Gasteiger partial charge in [0.05, 0.1) is 0 Å². The van der Waals surface area contributed by atoms with Crippen molar-refractivity contribution in [1.29, 1.82) is 0 Å². The summed E-state index contributed by atoms with van der Waals surface area (Å²) in [5, 5.41) is 7.13. The molecular weight excluding hydrogens is 579 g/mol. The van der Waals surface area contributed by atoms with Crippen LogP contribution in [0.2, 0.25) is 0 Å². The van der Waals surface area contributed by atoms with E-state index in [2.05, 4.69) is 10.2 Å².